The Labute approximate surface area is 146 Å². The van der Waals surface area contributed by atoms with E-state index in [1.807, 2.05) is 36.4 Å². The Kier molecular flexibility index (Phi) is 4.04. The van der Waals surface area contributed by atoms with Crippen LogP contribution in [0, 0.1) is 5.82 Å². The van der Waals surface area contributed by atoms with Crippen LogP contribution in [-0.4, -0.2) is 5.11 Å². The van der Waals surface area contributed by atoms with Crippen LogP contribution in [0.4, 0.5) is 4.39 Å². The second-order valence-corrected chi connectivity index (χ2v) is 6.08. The van der Waals surface area contributed by atoms with Gasteiger partial charge in [-0.1, -0.05) is 72.8 Å². The van der Waals surface area contributed by atoms with E-state index < -0.39 is 0 Å². The zero-order valence-corrected chi connectivity index (χ0v) is 13.6. The Morgan fingerprint density at radius 1 is 0.640 bits per heavy atom. The van der Waals surface area contributed by atoms with Crippen molar-refractivity contribution < 1.29 is 9.50 Å². The molecule has 2 heteroatoms. The summed E-state index contributed by atoms with van der Waals surface area (Å²) >= 11 is 0. The molecule has 1 N–H and O–H groups in total. The molecule has 4 rings (SSSR count). The van der Waals surface area contributed by atoms with Crippen molar-refractivity contribution in [2.75, 3.05) is 0 Å². The Morgan fingerprint density at radius 2 is 1.36 bits per heavy atom. The summed E-state index contributed by atoms with van der Waals surface area (Å²) in [7, 11) is 0. The number of aliphatic hydroxyl groups excluding tert-OH is 1. The predicted molar refractivity (Wildman–Crippen MR) is 101 cm³/mol. The maximum absolute atomic E-state index is 14.5. The average Bonchev–Trinajstić information content (AvgIpc) is 2.68. The fraction of sp³-hybridized carbons (Fsp3) is 0.0435. The van der Waals surface area contributed by atoms with E-state index in [9.17, 15) is 9.50 Å². The number of fused-ring (bicyclic) bond motifs is 1. The van der Waals surface area contributed by atoms with E-state index in [2.05, 4.69) is 30.3 Å². The molecule has 0 saturated heterocycles. The van der Waals surface area contributed by atoms with Crippen molar-refractivity contribution in [3.05, 3.63) is 96.3 Å². The minimum absolute atomic E-state index is 0.302. The van der Waals surface area contributed by atoms with Crippen LogP contribution in [0.1, 0.15) is 5.56 Å². The largest absolute Gasteiger partial charge is 0.392 e. The first-order valence-electron chi connectivity index (χ1n) is 8.24. The quantitative estimate of drug-likeness (QED) is 0.503. The van der Waals surface area contributed by atoms with Crippen LogP contribution in [0.25, 0.3) is 33.0 Å². The van der Waals surface area contributed by atoms with E-state index >= 15 is 0 Å². The molecular formula is C23H17FO. The van der Waals surface area contributed by atoms with Crippen molar-refractivity contribution >= 4 is 10.8 Å². The first-order chi connectivity index (χ1) is 12.3. The molecule has 0 fully saturated rings. The van der Waals surface area contributed by atoms with E-state index in [1.54, 1.807) is 18.2 Å². The first kappa shape index (κ1) is 15.6. The highest BCUT2D eigenvalue weighted by atomic mass is 19.1. The van der Waals surface area contributed by atoms with E-state index in [0.717, 1.165) is 16.7 Å². The van der Waals surface area contributed by atoms with Crippen LogP contribution >= 0.6 is 0 Å². The average molecular weight is 328 g/mol. The molecular weight excluding hydrogens is 311 g/mol. The predicted octanol–water partition coefficient (Wildman–Crippen LogP) is 5.81. The first-order valence-corrected chi connectivity index (χ1v) is 8.24. The molecule has 0 aliphatic rings. The maximum Gasteiger partial charge on any atom is 0.136 e. The number of rotatable bonds is 3. The van der Waals surface area contributed by atoms with Crippen molar-refractivity contribution in [3.63, 3.8) is 0 Å². The third kappa shape index (κ3) is 2.92. The zero-order chi connectivity index (χ0) is 17.2. The fourth-order valence-electron chi connectivity index (χ4n) is 3.16. The topological polar surface area (TPSA) is 20.2 Å². The molecule has 4 aromatic rings. The van der Waals surface area contributed by atoms with Gasteiger partial charge in [0.05, 0.1) is 6.61 Å². The second kappa shape index (κ2) is 6.50. The molecule has 25 heavy (non-hydrogen) atoms. The summed E-state index contributed by atoms with van der Waals surface area (Å²) in [4.78, 5) is 0. The molecule has 0 radical (unpaired) electrons. The minimum atomic E-state index is -0.360. The van der Waals surface area contributed by atoms with Crippen molar-refractivity contribution in [2.45, 2.75) is 6.61 Å². The molecule has 0 heterocycles. The van der Waals surface area contributed by atoms with Gasteiger partial charge in [0.25, 0.3) is 0 Å². The van der Waals surface area contributed by atoms with Gasteiger partial charge >= 0.3 is 0 Å². The summed E-state index contributed by atoms with van der Waals surface area (Å²) in [5.41, 5.74) is 3.76. The summed E-state index contributed by atoms with van der Waals surface area (Å²) in [5, 5.41) is 11.7. The third-order valence-corrected chi connectivity index (χ3v) is 4.51. The van der Waals surface area contributed by atoms with E-state index in [1.165, 1.54) is 10.8 Å². The van der Waals surface area contributed by atoms with Gasteiger partial charge in [0.15, 0.2) is 0 Å². The molecule has 0 spiro atoms. The Morgan fingerprint density at radius 3 is 2.20 bits per heavy atom. The Balaban J connectivity index is 1.81. The lowest BCUT2D eigenvalue weighted by Crippen LogP contribution is -1.93. The molecule has 0 atom stereocenters. The molecule has 0 aliphatic heterocycles. The van der Waals surface area contributed by atoms with Gasteiger partial charge in [-0.3, -0.25) is 0 Å². The SMILES string of the molecule is OCc1cccc(-c2cccc(-c3ccc4ccccc4c3)c2)c1F. The number of hydrogen-bond donors (Lipinski definition) is 1. The monoisotopic (exact) mass is 328 g/mol. The molecule has 0 aromatic heterocycles. The molecule has 0 unspecified atom stereocenters. The van der Waals surface area contributed by atoms with Crippen LogP contribution in [0.2, 0.25) is 0 Å². The standard InChI is InChI=1S/C23H17FO/c24-23-21(15-25)9-4-10-22(23)20-8-3-7-18(14-20)19-12-11-16-5-1-2-6-17(16)13-19/h1-14,25H,15H2. The van der Waals surface area contributed by atoms with Gasteiger partial charge in [0, 0.05) is 11.1 Å². The molecule has 4 aromatic carbocycles. The maximum atomic E-state index is 14.5. The molecule has 0 saturated carbocycles. The lowest BCUT2D eigenvalue weighted by molar-refractivity contribution is 0.276. The van der Waals surface area contributed by atoms with Crippen LogP contribution in [0.15, 0.2) is 84.9 Å². The van der Waals surface area contributed by atoms with Gasteiger partial charge in [-0.15, -0.1) is 0 Å². The molecule has 0 bridgehead atoms. The van der Waals surface area contributed by atoms with Crippen molar-refractivity contribution in [2.24, 2.45) is 0 Å². The van der Waals surface area contributed by atoms with Crippen LogP contribution < -0.4 is 0 Å². The zero-order valence-electron chi connectivity index (χ0n) is 13.6. The van der Waals surface area contributed by atoms with E-state index in [4.69, 9.17) is 0 Å². The van der Waals surface area contributed by atoms with Crippen LogP contribution in [0.5, 0.6) is 0 Å². The van der Waals surface area contributed by atoms with Crippen molar-refractivity contribution in [1.29, 1.82) is 0 Å². The summed E-state index contributed by atoms with van der Waals surface area (Å²) < 4.78 is 14.5. The van der Waals surface area contributed by atoms with Gasteiger partial charge in [0.1, 0.15) is 5.82 Å². The van der Waals surface area contributed by atoms with Gasteiger partial charge in [-0.05, 0) is 39.6 Å². The number of benzene rings is 4. The highest BCUT2D eigenvalue weighted by molar-refractivity contribution is 5.88. The van der Waals surface area contributed by atoms with E-state index in [0.29, 0.717) is 11.1 Å². The molecule has 122 valence electrons. The highest BCUT2D eigenvalue weighted by Crippen LogP contribution is 2.30. The van der Waals surface area contributed by atoms with Crippen LogP contribution in [-0.2, 0) is 6.61 Å². The smallest absolute Gasteiger partial charge is 0.136 e. The van der Waals surface area contributed by atoms with Crippen LogP contribution in [0.3, 0.4) is 0 Å². The lowest BCUT2D eigenvalue weighted by atomic mass is 9.96. The van der Waals surface area contributed by atoms with Gasteiger partial charge in [-0.2, -0.15) is 0 Å². The normalized spacial score (nSPS) is 11.0. The second-order valence-electron chi connectivity index (χ2n) is 6.08. The van der Waals surface area contributed by atoms with E-state index in [-0.39, 0.29) is 12.4 Å². The molecule has 0 amide bonds. The molecule has 0 aliphatic carbocycles. The summed E-state index contributed by atoms with van der Waals surface area (Å²) in [6.45, 7) is -0.302. The lowest BCUT2D eigenvalue weighted by Gasteiger charge is -2.10. The number of halogens is 1. The summed E-state index contributed by atoms with van der Waals surface area (Å²) in [6, 6.07) is 27.5. The van der Waals surface area contributed by atoms with Crippen molar-refractivity contribution in [3.8, 4) is 22.3 Å². The summed E-state index contributed by atoms with van der Waals surface area (Å²) in [6.07, 6.45) is 0. The number of hydrogen-bond acceptors (Lipinski definition) is 1. The highest BCUT2D eigenvalue weighted by Gasteiger charge is 2.10. The molecule has 1 nitrogen and oxygen atoms in total. The Hall–Kier alpha value is -2.97. The summed E-state index contributed by atoms with van der Waals surface area (Å²) in [5.74, 6) is -0.360. The minimum Gasteiger partial charge on any atom is -0.392 e. The fourth-order valence-corrected chi connectivity index (χ4v) is 3.16. The van der Waals surface area contributed by atoms with Gasteiger partial charge in [-0.25, -0.2) is 4.39 Å². The third-order valence-electron chi connectivity index (χ3n) is 4.51. The van der Waals surface area contributed by atoms with Crippen molar-refractivity contribution in [1.82, 2.24) is 0 Å². The van der Waals surface area contributed by atoms with Gasteiger partial charge in [0.2, 0.25) is 0 Å². The number of aliphatic hydroxyl groups is 1. The van der Waals surface area contributed by atoms with Gasteiger partial charge < -0.3 is 5.11 Å². The Bertz CT molecular complexity index is 1050.